The molecule has 0 saturated heterocycles. The predicted octanol–water partition coefficient (Wildman–Crippen LogP) is 4.00. The molecule has 0 bridgehead atoms. The van der Waals surface area contributed by atoms with Crippen LogP contribution in [0, 0.1) is 13.8 Å². The van der Waals surface area contributed by atoms with Crippen LogP contribution in [-0.4, -0.2) is 85.7 Å². The van der Waals surface area contributed by atoms with Crippen LogP contribution < -0.4 is 5.32 Å². The molecule has 2 aromatic carbocycles. The number of esters is 1. The summed E-state index contributed by atoms with van der Waals surface area (Å²) in [6.07, 6.45) is 0.273. The molecule has 232 valence electrons. The number of hydrogen-bond donors (Lipinski definition) is 1. The molecule has 0 spiro atoms. The summed E-state index contributed by atoms with van der Waals surface area (Å²) in [4.78, 5) is 54.0. The van der Waals surface area contributed by atoms with E-state index in [2.05, 4.69) is 5.32 Å². The van der Waals surface area contributed by atoms with Gasteiger partial charge in [-0.2, -0.15) is 0 Å². The van der Waals surface area contributed by atoms with Gasteiger partial charge in [0.2, 0.25) is 5.91 Å². The lowest BCUT2D eigenvalue weighted by Crippen LogP contribution is -2.50. The van der Waals surface area contributed by atoms with Crippen molar-refractivity contribution in [3.8, 4) is 0 Å². The molecular formula is C32H41N3O8. The van der Waals surface area contributed by atoms with Crippen molar-refractivity contribution in [2.75, 3.05) is 34.4 Å². The minimum atomic E-state index is -1.10. The first-order valence-electron chi connectivity index (χ1n) is 13.9. The monoisotopic (exact) mass is 595 g/mol. The number of hydrogen-bond acceptors (Lipinski definition) is 8. The highest BCUT2D eigenvalue weighted by Gasteiger charge is 2.29. The Bertz CT molecular complexity index is 1470. The average Bonchev–Trinajstić information content (AvgIpc) is 3.31. The van der Waals surface area contributed by atoms with Crippen molar-refractivity contribution in [2.45, 2.75) is 59.0 Å². The molecule has 1 N–H and O–H groups in total. The highest BCUT2D eigenvalue weighted by molar-refractivity contribution is 5.98. The van der Waals surface area contributed by atoms with Crippen LogP contribution in [0.25, 0.3) is 10.9 Å². The molecule has 0 saturated carbocycles. The number of ether oxygens (including phenoxy) is 4. The van der Waals surface area contributed by atoms with E-state index >= 15 is 0 Å². The van der Waals surface area contributed by atoms with E-state index in [4.69, 9.17) is 18.9 Å². The first-order valence-corrected chi connectivity index (χ1v) is 13.9. The number of benzene rings is 2. The Morgan fingerprint density at radius 3 is 2.26 bits per heavy atom. The number of nitrogens with one attached hydrogen (secondary N) is 1. The number of aromatic nitrogens is 1. The maximum absolute atomic E-state index is 13.6. The van der Waals surface area contributed by atoms with Gasteiger partial charge in [-0.1, -0.05) is 35.9 Å². The van der Waals surface area contributed by atoms with Crippen LogP contribution in [0.2, 0.25) is 0 Å². The summed E-state index contributed by atoms with van der Waals surface area (Å²) in [6, 6.07) is 11.5. The maximum Gasteiger partial charge on any atom is 0.419 e. The molecule has 0 aliphatic carbocycles. The summed E-state index contributed by atoms with van der Waals surface area (Å²) in [7, 11) is 4.10. The quantitative estimate of drug-likeness (QED) is 0.261. The van der Waals surface area contributed by atoms with E-state index in [1.54, 1.807) is 45.2 Å². The number of nitrogens with zero attached hydrogens (tertiary/aromatic N) is 2. The largest absolute Gasteiger partial charge is 0.467 e. The Morgan fingerprint density at radius 1 is 0.977 bits per heavy atom. The van der Waals surface area contributed by atoms with Crippen molar-refractivity contribution in [3.63, 3.8) is 0 Å². The van der Waals surface area contributed by atoms with Crippen molar-refractivity contribution in [3.05, 3.63) is 70.9 Å². The van der Waals surface area contributed by atoms with E-state index in [-0.39, 0.29) is 25.4 Å². The highest BCUT2D eigenvalue weighted by Crippen LogP contribution is 2.24. The van der Waals surface area contributed by atoms with Crippen LogP contribution in [0.1, 0.15) is 47.8 Å². The van der Waals surface area contributed by atoms with E-state index in [9.17, 15) is 19.2 Å². The fraction of sp³-hybridized carbons (Fsp3) is 0.438. The molecular weight excluding hydrogens is 554 g/mol. The Labute approximate surface area is 252 Å². The van der Waals surface area contributed by atoms with Gasteiger partial charge in [0.1, 0.15) is 18.2 Å². The fourth-order valence-corrected chi connectivity index (χ4v) is 4.71. The smallest absolute Gasteiger partial charge is 0.419 e. The maximum atomic E-state index is 13.6. The second kappa shape index (κ2) is 14.3. The van der Waals surface area contributed by atoms with E-state index in [1.165, 1.54) is 30.8 Å². The normalized spacial score (nSPS) is 12.2. The van der Waals surface area contributed by atoms with Gasteiger partial charge in [-0.25, -0.2) is 9.59 Å². The number of carbonyl (C=O) groups excluding carboxylic acids is 4. The summed E-state index contributed by atoms with van der Waals surface area (Å²) in [5.41, 5.74) is 2.70. The molecule has 3 aromatic rings. The van der Waals surface area contributed by atoms with Gasteiger partial charge in [0.15, 0.2) is 6.29 Å². The molecule has 1 aromatic heterocycles. The lowest BCUT2D eigenvalue weighted by atomic mass is 10.0. The van der Waals surface area contributed by atoms with Gasteiger partial charge in [0, 0.05) is 37.8 Å². The molecule has 11 nitrogen and oxygen atoms in total. The van der Waals surface area contributed by atoms with Gasteiger partial charge in [-0.05, 0) is 57.9 Å². The number of aryl methyl sites for hydroxylation is 2. The minimum absolute atomic E-state index is 0.0263. The van der Waals surface area contributed by atoms with Crippen LogP contribution >= 0.6 is 0 Å². The zero-order valence-corrected chi connectivity index (χ0v) is 26.1. The van der Waals surface area contributed by atoms with E-state index in [0.717, 1.165) is 11.1 Å². The molecule has 1 unspecified atom stereocenters. The van der Waals surface area contributed by atoms with Crippen LogP contribution in [0.4, 0.5) is 4.79 Å². The van der Waals surface area contributed by atoms with Crippen molar-refractivity contribution >= 4 is 34.8 Å². The van der Waals surface area contributed by atoms with Crippen molar-refractivity contribution < 1.29 is 38.1 Å². The molecule has 0 fully saturated rings. The molecule has 3 rings (SSSR count). The number of methoxy groups -OCH3 is 3. The molecule has 1 heterocycles. The summed E-state index contributed by atoms with van der Waals surface area (Å²) in [5, 5.41) is 3.43. The van der Waals surface area contributed by atoms with Crippen molar-refractivity contribution in [2.24, 2.45) is 0 Å². The van der Waals surface area contributed by atoms with Crippen molar-refractivity contribution in [1.29, 1.82) is 0 Å². The van der Waals surface area contributed by atoms with Gasteiger partial charge in [-0.3, -0.25) is 14.2 Å². The van der Waals surface area contributed by atoms with Crippen LogP contribution in [0.15, 0.2) is 48.7 Å². The molecule has 0 radical (unpaired) electrons. The van der Waals surface area contributed by atoms with Gasteiger partial charge in [0.25, 0.3) is 5.91 Å². The van der Waals surface area contributed by atoms with Crippen LogP contribution in [-0.2, 0) is 35.0 Å². The zero-order valence-electron chi connectivity index (χ0n) is 26.1. The standard InChI is InChI=1S/C32H41N3O8/c1-20-13-14-23(21(2)15-20)29(37)34(19-28(40-6)41-7)18-27(36)33-25(30(38)42-8)16-22-17-35(31(39)43-32(3,4)5)26-12-10-9-11-24(22)26/h9-15,17,25,28H,16,18-19H2,1-8H3,(H,33,36). The summed E-state index contributed by atoms with van der Waals surface area (Å²) >= 11 is 0. The molecule has 11 heteroatoms. The van der Waals surface area contributed by atoms with Gasteiger partial charge in [-0.15, -0.1) is 0 Å². The SMILES string of the molecule is COC(=O)C(Cc1cn(C(=O)OC(C)(C)C)c2ccccc12)NC(=O)CN(CC(OC)OC)C(=O)c1ccc(C)cc1C. The molecule has 43 heavy (non-hydrogen) atoms. The Kier molecular flexibility index (Phi) is 11.1. The predicted molar refractivity (Wildman–Crippen MR) is 161 cm³/mol. The third-order valence-corrected chi connectivity index (χ3v) is 6.76. The summed E-state index contributed by atoms with van der Waals surface area (Å²) < 4.78 is 22.5. The topological polar surface area (TPSA) is 125 Å². The zero-order chi connectivity index (χ0) is 31.9. The first-order chi connectivity index (χ1) is 20.3. The number of para-hydroxylation sites is 1. The molecule has 0 aliphatic heterocycles. The van der Waals surface area contributed by atoms with Gasteiger partial charge in [0.05, 0.1) is 19.2 Å². The lowest BCUT2D eigenvalue weighted by Gasteiger charge is -2.27. The Hall–Kier alpha value is -4.22. The van der Waals surface area contributed by atoms with Crippen molar-refractivity contribution in [1.82, 2.24) is 14.8 Å². The molecule has 0 aliphatic rings. The highest BCUT2D eigenvalue weighted by atomic mass is 16.7. The number of fused-ring (bicyclic) bond motifs is 1. The number of amides is 2. The van der Waals surface area contributed by atoms with E-state index < -0.39 is 35.9 Å². The minimum Gasteiger partial charge on any atom is -0.467 e. The number of carbonyl (C=O) groups is 4. The lowest BCUT2D eigenvalue weighted by molar-refractivity contribution is -0.145. The summed E-state index contributed by atoms with van der Waals surface area (Å²) in [5.74, 6) is -1.65. The van der Waals surface area contributed by atoms with Crippen LogP contribution in [0.5, 0.6) is 0 Å². The van der Waals surface area contributed by atoms with Gasteiger partial charge >= 0.3 is 12.1 Å². The molecule has 2 amide bonds. The second-order valence-corrected chi connectivity index (χ2v) is 11.3. The second-order valence-electron chi connectivity index (χ2n) is 11.3. The Balaban J connectivity index is 1.88. The van der Waals surface area contributed by atoms with E-state index in [1.807, 2.05) is 38.1 Å². The third-order valence-electron chi connectivity index (χ3n) is 6.76. The Morgan fingerprint density at radius 2 is 1.65 bits per heavy atom. The van der Waals surface area contributed by atoms with E-state index in [0.29, 0.717) is 22.0 Å². The van der Waals surface area contributed by atoms with Crippen LogP contribution in [0.3, 0.4) is 0 Å². The first kappa shape index (κ1) is 33.3. The van der Waals surface area contributed by atoms with Gasteiger partial charge < -0.3 is 29.2 Å². The number of rotatable bonds is 11. The third kappa shape index (κ3) is 8.65. The average molecular weight is 596 g/mol. The summed E-state index contributed by atoms with van der Waals surface area (Å²) in [6.45, 7) is 8.67. The molecule has 1 atom stereocenters. The fourth-order valence-electron chi connectivity index (χ4n) is 4.71.